The van der Waals surface area contributed by atoms with Crippen LogP contribution < -0.4 is 4.90 Å². The zero-order valence-electron chi connectivity index (χ0n) is 11.2. The molecule has 0 fully saturated rings. The summed E-state index contributed by atoms with van der Waals surface area (Å²) in [5.41, 5.74) is 2.44. The van der Waals surface area contributed by atoms with Gasteiger partial charge in [-0.25, -0.2) is 4.39 Å². The maximum atomic E-state index is 13.6. The lowest BCUT2D eigenvalue weighted by molar-refractivity contribution is 0.282. The van der Waals surface area contributed by atoms with E-state index in [0.717, 1.165) is 0 Å². The molecular weight excluding hydrogens is 255 g/mol. The molecule has 3 nitrogen and oxygen atoms in total. The number of hydrogen-bond donors (Lipinski definition) is 1. The van der Waals surface area contributed by atoms with E-state index in [1.807, 2.05) is 4.90 Å². The van der Waals surface area contributed by atoms with Crippen molar-refractivity contribution in [3.63, 3.8) is 0 Å². The summed E-state index contributed by atoms with van der Waals surface area (Å²) in [4.78, 5) is 1.82. The standard InChI is InChI=1S/C16H15FN2O/c1-19(10-13-4-2-3-5-15(13)17)16-7-6-12(11-20)8-14(16)9-18/h2-8,20H,10-11H2,1H3. The summed E-state index contributed by atoms with van der Waals surface area (Å²) in [7, 11) is 1.81. The first-order chi connectivity index (χ1) is 9.65. The molecule has 0 aliphatic heterocycles. The van der Waals surface area contributed by atoms with Crippen LogP contribution in [0.1, 0.15) is 16.7 Å². The van der Waals surface area contributed by atoms with Gasteiger partial charge >= 0.3 is 0 Å². The Morgan fingerprint density at radius 3 is 2.65 bits per heavy atom. The summed E-state index contributed by atoms with van der Waals surface area (Å²) < 4.78 is 13.6. The molecule has 102 valence electrons. The molecule has 0 aliphatic carbocycles. The Morgan fingerprint density at radius 2 is 2.00 bits per heavy atom. The van der Waals surface area contributed by atoms with Crippen LogP contribution in [0.4, 0.5) is 10.1 Å². The fourth-order valence-corrected chi connectivity index (χ4v) is 2.07. The van der Waals surface area contributed by atoms with E-state index in [-0.39, 0.29) is 12.4 Å². The Hall–Kier alpha value is -2.38. The smallest absolute Gasteiger partial charge is 0.128 e. The van der Waals surface area contributed by atoms with Crippen LogP contribution >= 0.6 is 0 Å². The van der Waals surface area contributed by atoms with Crippen molar-refractivity contribution in [3.8, 4) is 6.07 Å². The number of halogens is 1. The molecule has 0 saturated carbocycles. The molecule has 4 heteroatoms. The highest BCUT2D eigenvalue weighted by Crippen LogP contribution is 2.22. The Kier molecular flexibility index (Phi) is 4.34. The summed E-state index contributed by atoms with van der Waals surface area (Å²) in [5, 5.41) is 18.3. The average molecular weight is 270 g/mol. The zero-order valence-corrected chi connectivity index (χ0v) is 11.2. The fraction of sp³-hybridized carbons (Fsp3) is 0.188. The van der Waals surface area contributed by atoms with E-state index in [1.165, 1.54) is 6.07 Å². The first-order valence-corrected chi connectivity index (χ1v) is 6.24. The van der Waals surface area contributed by atoms with Gasteiger partial charge in [-0.1, -0.05) is 24.3 Å². The number of anilines is 1. The molecular formula is C16H15FN2O. The largest absolute Gasteiger partial charge is 0.392 e. The summed E-state index contributed by atoms with van der Waals surface area (Å²) in [5.74, 6) is -0.259. The van der Waals surface area contributed by atoms with Gasteiger partial charge in [-0.3, -0.25) is 0 Å². The van der Waals surface area contributed by atoms with E-state index in [2.05, 4.69) is 6.07 Å². The van der Waals surface area contributed by atoms with Crippen molar-refractivity contribution in [2.45, 2.75) is 13.2 Å². The average Bonchev–Trinajstić information content (AvgIpc) is 2.48. The summed E-state index contributed by atoms with van der Waals surface area (Å²) in [6, 6.07) is 13.9. The third-order valence-corrected chi connectivity index (χ3v) is 3.14. The van der Waals surface area contributed by atoms with Gasteiger partial charge in [-0.15, -0.1) is 0 Å². The van der Waals surface area contributed by atoms with Gasteiger partial charge in [-0.05, 0) is 23.8 Å². The lowest BCUT2D eigenvalue weighted by Gasteiger charge is -2.21. The highest BCUT2D eigenvalue weighted by molar-refractivity contribution is 5.60. The van der Waals surface area contributed by atoms with Crippen molar-refractivity contribution < 1.29 is 9.50 Å². The second kappa shape index (κ2) is 6.18. The maximum Gasteiger partial charge on any atom is 0.128 e. The molecule has 0 saturated heterocycles. The third kappa shape index (κ3) is 2.95. The topological polar surface area (TPSA) is 47.3 Å². The molecule has 0 aromatic heterocycles. The van der Waals surface area contributed by atoms with Crippen molar-refractivity contribution in [2.24, 2.45) is 0 Å². The van der Waals surface area contributed by atoms with Crippen molar-refractivity contribution in [1.82, 2.24) is 0 Å². The molecule has 1 N–H and O–H groups in total. The van der Waals surface area contributed by atoms with E-state index < -0.39 is 0 Å². The number of benzene rings is 2. The molecule has 20 heavy (non-hydrogen) atoms. The van der Waals surface area contributed by atoms with Crippen molar-refractivity contribution in [1.29, 1.82) is 5.26 Å². The summed E-state index contributed by atoms with van der Waals surface area (Å²) >= 11 is 0. The third-order valence-electron chi connectivity index (χ3n) is 3.14. The van der Waals surface area contributed by atoms with Gasteiger partial charge in [0, 0.05) is 19.2 Å². The van der Waals surface area contributed by atoms with E-state index >= 15 is 0 Å². The molecule has 2 rings (SSSR count). The quantitative estimate of drug-likeness (QED) is 0.929. The van der Waals surface area contributed by atoms with Crippen LogP contribution in [-0.2, 0) is 13.2 Å². The number of nitrogens with zero attached hydrogens (tertiary/aromatic N) is 2. The van der Waals surface area contributed by atoms with Crippen molar-refractivity contribution in [3.05, 3.63) is 65.0 Å². The van der Waals surface area contributed by atoms with Gasteiger partial charge in [0.15, 0.2) is 0 Å². The SMILES string of the molecule is CN(Cc1ccccc1F)c1ccc(CO)cc1C#N. The van der Waals surface area contributed by atoms with E-state index in [9.17, 15) is 9.65 Å². The second-order valence-electron chi connectivity index (χ2n) is 4.57. The van der Waals surface area contributed by atoms with E-state index in [0.29, 0.717) is 28.9 Å². The molecule has 0 heterocycles. The van der Waals surface area contributed by atoms with Gasteiger partial charge in [-0.2, -0.15) is 5.26 Å². The molecule has 0 amide bonds. The van der Waals surface area contributed by atoms with Gasteiger partial charge in [0.25, 0.3) is 0 Å². The first-order valence-electron chi connectivity index (χ1n) is 6.24. The lowest BCUT2D eigenvalue weighted by atomic mass is 10.1. The number of hydrogen-bond acceptors (Lipinski definition) is 3. The Morgan fingerprint density at radius 1 is 1.25 bits per heavy atom. The van der Waals surface area contributed by atoms with E-state index in [4.69, 9.17) is 5.11 Å². The maximum absolute atomic E-state index is 13.6. The zero-order chi connectivity index (χ0) is 14.5. The lowest BCUT2D eigenvalue weighted by Crippen LogP contribution is -2.18. The highest BCUT2D eigenvalue weighted by atomic mass is 19.1. The number of aliphatic hydroxyl groups excluding tert-OH is 1. The minimum absolute atomic E-state index is 0.105. The van der Waals surface area contributed by atoms with Crippen LogP contribution in [0.2, 0.25) is 0 Å². The molecule has 0 aliphatic rings. The minimum Gasteiger partial charge on any atom is -0.392 e. The van der Waals surface area contributed by atoms with Crippen LogP contribution in [0, 0.1) is 17.1 Å². The van der Waals surface area contributed by atoms with Gasteiger partial charge in [0.2, 0.25) is 0 Å². The summed E-state index contributed by atoms with van der Waals surface area (Å²) in [6.45, 7) is 0.270. The summed E-state index contributed by atoms with van der Waals surface area (Å²) in [6.07, 6.45) is 0. The number of rotatable bonds is 4. The Labute approximate surface area is 117 Å². The normalized spacial score (nSPS) is 10.1. The van der Waals surface area contributed by atoms with E-state index in [1.54, 1.807) is 43.4 Å². The van der Waals surface area contributed by atoms with Crippen LogP contribution in [0.3, 0.4) is 0 Å². The Balaban J connectivity index is 2.28. The van der Waals surface area contributed by atoms with Crippen molar-refractivity contribution in [2.75, 3.05) is 11.9 Å². The number of aliphatic hydroxyl groups is 1. The van der Waals surface area contributed by atoms with Gasteiger partial charge < -0.3 is 10.0 Å². The molecule has 0 atom stereocenters. The highest BCUT2D eigenvalue weighted by Gasteiger charge is 2.10. The monoisotopic (exact) mass is 270 g/mol. The molecule has 0 spiro atoms. The first kappa shape index (κ1) is 14.0. The van der Waals surface area contributed by atoms with Crippen LogP contribution in [0.25, 0.3) is 0 Å². The van der Waals surface area contributed by atoms with Crippen LogP contribution in [0.5, 0.6) is 0 Å². The van der Waals surface area contributed by atoms with Crippen molar-refractivity contribution >= 4 is 5.69 Å². The van der Waals surface area contributed by atoms with Gasteiger partial charge in [0.1, 0.15) is 11.9 Å². The fourth-order valence-electron chi connectivity index (χ4n) is 2.07. The predicted octanol–water partition coefficient (Wildman–Crippen LogP) is 2.83. The molecule has 2 aromatic carbocycles. The Bertz CT molecular complexity index is 649. The molecule has 0 bridgehead atoms. The van der Waals surface area contributed by atoms with Crippen LogP contribution in [-0.4, -0.2) is 12.2 Å². The second-order valence-corrected chi connectivity index (χ2v) is 4.57. The molecule has 0 unspecified atom stereocenters. The number of nitriles is 1. The van der Waals surface area contributed by atoms with Crippen LogP contribution in [0.15, 0.2) is 42.5 Å². The minimum atomic E-state index is -0.259. The molecule has 0 radical (unpaired) electrons. The molecule has 2 aromatic rings. The van der Waals surface area contributed by atoms with Gasteiger partial charge in [0.05, 0.1) is 17.9 Å². The predicted molar refractivity (Wildman–Crippen MR) is 75.6 cm³/mol.